The number of hydrogen-bond acceptors (Lipinski definition) is 10. The Morgan fingerprint density at radius 2 is 1.73 bits per heavy atom. The number of methoxy groups -OCH3 is 1. The third-order valence-corrected chi connectivity index (χ3v) is 6.69. The number of fused-ring (bicyclic) bond motifs is 1. The van der Waals surface area contributed by atoms with Gasteiger partial charge in [0.05, 0.1) is 23.6 Å². The van der Waals surface area contributed by atoms with Gasteiger partial charge in [0.15, 0.2) is 0 Å². The standard InChI is InChI=1S/C28H30FN5O10/c1-33(13-14-3-7-20-17(11-14)24(38)32-28(31-20)44-2)15-4-5-16(18(29)12-15)25(39)34(21(27(42)43)8-10-23(36)37)22(35)9-6-19(30)26(40)41/h3-5,7,11-12,19,21H,6,8-10,13,30H2,1-2H3,(H,36,37)(H,40,41)(H,42,43)(H,31,32,38)/t19-,21+/m0/s1. The van der Waals surface area contributed by atoms with Gasteiger partial charge in [-0.2, -0.15) is 4.98 Å². The second-order valence-electron chi connectivity index (χ2n) is 9.79. The van der Waals surface area contributed by atoms with E-state index in [0.29, 0.717) is 16.5 Å². The number of anilines is 1. The number of carboxylic acid groups (broad SMARTS) is 3. The van der Waals surface area contributed by atoms with Crippen LogP contribution < -0.4 is 20.9 Å². The zero-order valence-corrected chi connectivity index (χ0v) is 23.7. The molecule has 2 amide bonds. The zero-order valence-electron chi connectivity index (χ0n) is 23.7. The van der Waals surface area contributed by atoms with Crippen LogP contribution in [0.3, 0.4) is 0 Å². The lowest BCUT2D eigenvalue weighted by molar-refractivity contribution is -0.149. The molecule has 2 aromatic carbocycles. The number of aromatic nitrogens is 2. The molecule has 3 rings (SSSR count). The van der Waals surface area contributed by atoms with E-state index in [1.807, 2.05) is 0 Å². The molecular formula is C28H30FN5O10. The molecular weight excluding hydrogens is 585 g/mol. The molecule has 0 aliphatic rings. The summed E-state index contributed by atoms with van der Waals surface area (Å²) in [7, 11) is 2.98. The van der Waals surface area contributed by atoms with Crippen LogP contribution >= 0.6 is 0 Å². The Morgan fingerprint density at radius 3 is 2.32 bits per heavy atom. The highest BCUT2D eigenvalue weighted by atomic mass is 19.1. The van der Waals surface area contributed by atoms with Crippen molar-refractivity contribution in [1.82, 2.24) is 14.9 Å². The number of halogens is 1. The number of benzene rings is 2. The van der Waals surface area contributed by atoms with Gasteiger partial charge < -0.3 is 30.7 Å². The number of nitrogens with two attached hydrogens (primary N) is 1. The second-order valence-corrected chi connectivity index (χ2v) is 9.79. The van der Waals surface area contributed by atoms with E-state index in [1.165, 1.54) is 13.2 Å². The summed E-state index contributed by atoms with van der Waals surface area (Å²) in [4.78, 5) is 81.4. The van der Waals surface area contributed by atoms with Crippen LogP contribution in [0.2, 0.25) is 0 Å². The van der Waals surface area contributed by atoms with E-state index in [9.17, 15) is 33.9 Å². The van der Waals surface area contributed by atoms with Crippen molar-refractivity contribution in [3.05, 3.63) is 63.7 Å². The Hall–Kier alpha value is -5.38. The molecule has 3 aromatic rings. The van der Waals surface area contributed by atoms with Gasteiger partial charge in [-0.05, 0) is 48.7 Å². The number of ether oxygens (including phenoxy) is 1. The van der Waals surface area contributed by atoms with Crippen LogP contribution in [-0.4, -0.2) is 86.2 Å². The molecule has 15 nitrogen and oxygen atoms in total. The number of nitrogens with one attached hydrogen (secondary N) is 1. The predicted octanol–water partition coefficient (Wildman–Crippen LogP) is 1.19. The zero-order chi connectivity index (χ0) is 32.7. The summed E-state index contributed by atoms with van der Waals surface area (Å²) in [6.07, 6.45) is -2.53. The normalized spacial score (nSPS) is 12.3. The molecule has 44 heavy (non-hydrogen) atoms. The van der Waals surface area contributed by atoms with E-state index < -0.39 is 84.4 Å². The number of hydrogen-bond donors (Lipinski definition) is 5. The number of amides is 2. The van der Waals surface area contributed by atoms with Crippen LogP contribution in [0.1, 0.15) is 41.6 Å². The summed E-state index contributed by atoms with van der Waals surface area (Å²) >= 11 is 0. The van der Waals surface area contributed by atoms with Gasteiger partial charge >= 0.3 is 17.9 Å². The number of carboxylic acids is 3. The summed E-state index contributed by atoms with van der Waals surface area (Å²) in [5.41, 5.74) is 5.68. The first-order valence-corrected chi connectivity index (χ1v) is 13.1. The van der Waals surface area contributed by atoms with Gasteiger partial charge in [-0.1, -0.05) is 6.07 Å². The van der Waals surface area contributed by atoms with Crippen molar-refractivity contribution in [3.8, 4) is 6.01 Å². The van der Waals surface area contributed by atoms with Crippen LogP contribution in [0, 0.1) is 5.82 Å². The Kier molecular flexibility index (Phi) is 10.7. The van der Waals surface area contributed by atoms with Crippen molar-refractivity contribution in [2.45, 2.75) is 44.3 Å². The first-order chi connectivity index (χ1) is 20.7. The van der Waals surface area contributed by atoms with Gasteiger partial charge in [-0.3, -0.25) is 33.9 Å². The topological polar surface area (TPSA) is 234 Å². The number of aromatic amines is 1. The van der Waals surface area contributed by atoms with Crippen LogP contribution in [0.4, 0.5) is 10.1 Å². The number of carbonyl (C=O) groups excluding carboxylic acids is 2. The number of imide groups is 1. The number of nitrogens with zero attached hydrogens (tertiary/aromatic N) is 3. The first kappa shape index (κ1) is 33.1. The lowest BCUT2D eigenvalue weighted by Gasteiger charge is -2.28. The highest BCUT2D eigenvalue weighted by Gasteiger charge is 2.37. The fourth-order valence-electron chi connectivity index (χ4n) is 4.34. The van der Waals surface area contributed by atoms with E-state index in [2.05, 4.69) is 9.97 Å². The quantitative estimate of drug-likeness (QED) is 0.172. The Morgan fingerprint density at radius 1 is 1.02 bits per heavy atom. The number of H-pyrrole nitrogens is 1. The summed E-state index contributed by atoms with van der Waals surface area (Å²) in [5, 5.41) is 28.0. The second kappa shape index (κ2) is 14.2. The molecule has 234 valence electrons. The molecule has 0 bridgehead atoms. The molecule has 0 spiro atoms. The van der Waals surface area contributed by atoms with Gasteiger partial charge in [-0.25, -0.2) is 9.18 Å². The summed E-state index contributed by atoms with van der Waals surface area (Å²) in [5.74, 6) is -8.16. The largest absolute Gasteiger partial charge is 0.481 e. The minimum absolute atomic E-state index is 0.0538. The fraction of sp³-hybridized carbons (Fsp3) is 0.321. The van der Waals surface area contributed by atoms with Crippen molar-refractivity contribution in [2.75, 3.05) is 19.1 Å². The predicted molar refractivity (Wildman–Crippen MR) is 152 cm³/mol. The third kappa shape index (κ3) is 7.91. The molecule has 1 heterocycles. The monoisotopic (exact) mass is 615 g/mol. The molecule has 0 aliphatic carbocycles. The third-order valence-electron chi connectivity index (χ3n) is 6.69. The number of aliphatic carboxylic acids is 3. The van der Waals surface area contributed by atoms with Crippen molar-refractivity contribution >= 4 is 46.3 Å². The highest BCUT2D eigenvalue weighted by molar-refractivity contribution is 6.07. The fourth-order valence-corrected chi connectivity index (χ4v) is 4.34. The molecule has 16 heteroatoms. The average molecular weight is 616 g/mol. The van der Waals surface area contributed by atoms with Crippen molar-refractivity contribution in [2.24, 2.45) is 5.73 Å². The number of carbonyl (C=O) groups is 5. The van der Waals surface area contributed by atoms with Gasteiger partial charge in [0.25, 0.3) is 17.5 Å². The van der Waals surface area contributed by atoms with Gasteiger partial charge in [-0.15, -0.1) is 0 Å². The average Bonchev–Trinajstić information content (AvgIpc) is 2.97. The van der Waals surface area contributed by atoms with E-state index in [4.69, 9.17) is 20.7 Å². The first-order valence-electron chi connectivity index (χ1n) is 13.1. The van der Waals surface area contributed by atoms with Crippen LogP contribution in [0.25, 0.3) is 10.9 Å². The van der Waals surface area contributed by atoms with Crippen LogP contribution in [0.5, 0.6) is 6.01 Å². The molecule has 1 aromatic heterocycles. The summed E-state index contributed by atoms with van der Waals surface area (Å²) in [6, 6.07) is 4.91. The highest BCUT2D eigenvalue weighted by Crippen LogP contribution is 2.24. The molecule has 0 saturated heterocycles. The van der Waals surface area contributed by atoms with E-state index in [-0.39, 0.29) is 23.1 Å². The molecule has 0 aliphatic heterocycles. The smallest absolute Gasteiger partial charge is 0.326 e. The molecule has 0 fully saturated rings. The van der Waals surface area contributed by atoms with E-state index in [1.54, 1.807) is 30.1 Å². The van der Waals surface area contributed by atoms with Gasteiger partial charge in [0.1, 0.15) is 17.9 Å². The maximum Gasteiger partial charge on any atom is 0.326 e. The van der Waals surface area contributed by atoms with Crippen molar-refractivity contribution in [1.29, 1.82) is 0 Å². The lowest BCUT2D eigenvalue weighted by Crippen LogP contribution is -2.49. The summed E-state index contributed by atoms with van der Waals surface area (Å²) in [6.45, 7) is 0.193. The minimum atomic E-state index is -1.97. The Balaban J connectivity index is 1.89. The van der Waals surface area contributed by atoms with E-state index >= 15 is 4.39 Å². The Bertz CT molecular complexity index is 1660. The molecule has 0 unspecified atom stereocenters. The van der Waals surface area contributed by atoms with Crippen LogP contribution in [-0.2, 0) is 25.7 Å². The molecule has 6 N–H and O–H groups in total. The van der Waals surface area contributed by atoms with Crippen molar-refractivity contribution in [3.63, 3.8) is 0 Å². The minimum Gasteiger partial charge on any atom is -0.481 e. The van der Waals surface area contributed by atoms with Crippen LogP contribution in [0.15, 0.2) is 41.2 Å². The lowest BCUT2D eigenvalue weighted by atomic mass is 10.0. The SMILES string of the molecule is COc1nc2ccc(CN(C)c3ccc(C(=O)N(C(=O)CC[C@H](N)C(=O)O)[C@H](CCC(=O)O)C(=O)O)c(F)c3)cc2c(=O)[nH]1. The van der Waals surface area contributed by atoms with Crippen molar-refractivity contribution < 1.29 is 48.4 Å². The Labute approximate surface area is 248 Å². The van der Waals surface area contributed by atoms with E-state index in [0.717, 1.165) is 12.1 Å². The van der Waals surface area contributed by atoms with Gasteiger partial charge in [0.2, 0.25) is 5.91 Å². The number of rotatable bonds is 14. The van der Waals surface area contributed by atoms with Gasteiger partial charge in [0, 0.05) is 32.1 Å². The molecule has 0 radical (unpaired) electrons. The summed E-state index contributed by atoms with van der Waals surface area (Å²) < 4.78 is 20.3. The maximum atomic E-state index is 15.4. The molecule has 2 atom stereocenters. The maximum absolute atomic E-state index is 15.4. The molecule has 0 saturated carbocycles.